The molecule has 0 saturated carbocycles. The maximum atomic E-state index is 6.22. The minimum absolute atomic E-state index is 0.321. The van der Waals surface area contributed by atoms with E-state index in [0.717, 1.165) is 12.8 Å². The third-order valence-electron chi connectivity index (χ3n) is 3.49. The summed E-state index contributed by atoms with van der Waals surface area (Å²) in [5.41, 5.74) is 11.8. The van der Waals surface area contributed by atoms with E-state index in [1.165, 1.54) is 41.5 Å². The van der Waals surface area contributed by atoms with Gasteiger partial charge in [0, 0.05) is 6.04 Å². The van der Waals surface area contributed by atoms with Crippen molar-refractivity contribution in [2.45, 2.75) is 65.8 Å². The van der Waals surface area contributed by atoms with Crippen molar-refractivity contribution in [2.24, 2.45) is 5.73 Å². The quantitative estimate of drug-likeness (QED) is 0.737. The van der Waals surface area contributed by atoms with E-state index in [-0.39, 0.29) is 0 Å². The number of unbranched alkanes of at least 4 members (excludes halogenated alkanes) is 2. The summed E-state index contributed by atoms with van der Waals surface area (Å²) in [5, 5.41) is 0. The van der Waals surface area contributed by atoms with Gasteiger partial charge in [-0.3, -0.25) is 0 Å². The molecule has 1 heteroatoms. The maximum Gasteiger partial charge on any atom is 0.00795 e. The average Bonchev–Trinajstić information content (AvgIpc) is 2.24. The Kier molecular flexibility index (Phi) is 5.70. The highest BCUT2D eigenvalue weighted by Crippen LogP contribution is 2.19. The lowest BCUT2D eigenvalue weighted by atomic mass is 9.93. The number of benzene rings is 1. The van der Waals surface area contributed by atoms with Gasteiger partial charge in [-0.15, -0.1) is 0 Å². The van der Waals surface area contributed by atoms with Gasteiger partial charge in [0.1, 0.15) is 0 Å². The molecule has 0 saturated heterocycles. The van der Waals surface area contributed by atoms with E-state index in [0.29, 0.717) is 6.04 Å². The minimum Gasteiger partial charge on any atom is -0.327 e. The number of hydrogen-bond donors (Lipinski definition) is 1. The molecule has 2 N–H and O–H groups in total. The van der Waals surface area contributed by atoms with E-state index in [2.05, 4.69) is 39.8 Å². The Balaban J connectivity index is 2.61. The van der Waals surface area contributed by atoms with Crippen molar-refractivity contribution < 1.29 is 0 Å². The van der Waals surface area contributed by atoms with Gasteiger partial charge in [0.2, 0.25) is 0 Å². The molecular weight excluding hydrogens is 206 g/mol. The zero-order valence-electron chi connectivity index (χ0n) is 11.8. The Hall–Kier alpha value is -0.820. The third kappa shape index (κ3) is 4.51. The first-order chi connectivity index (χ1) is 8.04. The molecule has 96 valence electrons. The lowest BCUT2D eigenvalue weighted by Gasteiger charge is -2.16. The van der Waals surface area contributed by atoms with Crippen LogP contribution in [0.1, 0.15) is 54.9 Å². The van der Waals surface area contributed by atoms with Gasteiger partial charge in [-0.2, -0.15) is 0 Å². The maximum absolute atomic E-state index is 6.22. The molecule has 1 unspecified atom stereocenters. The lowest BCUT2D eigenvalue weighted by molar-refractivity contribution is 0.555. The Morgan fingerprint density at radius 1 is 1.06 bits per heavy atom. The highest BCUT2D eigenvalue weighted by atomic mass is 14.6. The summed E-state index contributed by atoms with van der Waals surface area (Å²) >= 11 is 0. The van der Waals surface area contributed by atoms with Crippen molar-refractivity contribution in [3.63, 3.8) is 0 Å². The Morgan fingerprint density at radius 3 is 2.18 bits per heavy atom. The van der Waals surface area contributed by atoms with E-state index in [1.54, 1.807) is 0 Å². The molecule has 17 heavy (non-hydrogen) atoms. The van der Waals surface area contributed by atoms with Gasteiger partial charge in [-0.1, -0.05) is 43.9 Å². The molecule has 0 amide bonds. The molecule has 1 nitrogen and oxygen atoms in total. The standard InChI is InChI=1S/C16H27N/c1-5-6-7-8-15(17)11-16-13(3)9-12(2)10-14(16)4/h9-10,15H,5-8,11,17H2,1-4H3. The van der Waals surface area contributed by atoms with Crippen LogP contribution in [0.4, 0.5) is 0 Å². The summed E-state index contributed by atoms with van der Waals surface area (Å²) in [7, 11) is 0. The second-order valence-electron chi connectivity index (χ2n) is 5.34. The SMILES string of the molecule is CCCCCC(N)Cc1c(C)cc(C)cc1C. The molecule has 0 aliphatic heterocycles. The van der Waals surface area contributed by atoms with Crippen LogP contribution in [0.15, 0.2) is 12.1 Å². The third-order valence-corrected chi connectivity index (χ3v) is 3.49. The van der Waals surface area contributed by atoms with Crippen LogP contribution in [0.3, 0.4) is 0 Å². The molecule has 1 atom stereocenters. The zero-order valence-corrected chi connectivity index (χ0v) is 11.8. The summed E-state index contributed by atoms with van der Waals surface area (Å²) in [6.07, 6.45) is 6.03. The Morgan fingerprint density at radius 2 is 1.65 bits per heavy atom. The summed E-state index contributed by atoms with van der Waals surface area (Å²) in [6, 6.07) is 4.85. The van der Waals surface area contributed by atoms with Crippen LogP contribution >= 0.6 is 0 Å². The molecule has 1 aromatic carbocycles. The van der Waals surface area contributed by atoms with Gasteiger partial charge in [0.15, 0.2) is 0 Å². The minimum atomic E-state index is 0.321. The van der Waals surface area contributed by atoms with Crippen molar-refractivity contribution in [1.82, 2.24) is 0 Å². The second kappa shape index (κ2) is 6.80. The molecule has 0 spiro atoms. The van der Waals surface area contributed by atoms with Crippen molar-refractivity contribution >= 4 is 0 Å². The Labute approximate surface area is 106 Å². The van der Waals surface area contributed by atoms with Gasteiger partial charge in [-0.05, 0) is 50.3 Å². The molecule has 0 fully saturated rings. The van der Waals surface area contributed by atoms with Crippen LogP contribution in [-0.4, -0.2) is 6.04 Å². The van der Waals surface area contributed by atoms with Crippen LogP contribution in [-0.2, 0) is 6.42 Å². The predicted octanol–water partition coefficient (Wildman–Crippen LogP) is 4.06. The number of rotatable bonds is 6. The highest BCUT2D eigenvalue weighted by Gasteiger charge is 2.09. The largest absolute Gasteiger partial charge is 0.327 e. The van der Waals surface area contributed by atoms with Crippen LogP contribution < -0.4 is 5.73 Å². The second-order valence-corrected chi connectivity index (χ2v) is 5.34. The average molecular weight is 233 g/mol. The summed E-state index contributed by atoms with van der Waals surface area (Å²) in [6.45, 7) is 8.80. The number of nitrogens with two attached hydrogens (primary N) is 1. The predicted molar refractivity (Wildman–Crippen MR) is 76.5 cm³/mol. The van der Waals surface area contributed by atoms with Crippen LogP contribution in [0.2, 0.25) is 0 Å². The van der Waals surface area contributed by atoms with E-state index < -0.39 is 0 Å². The van der Waals surface area contributed by atoms with Crippen molar-refractivity contribution in [3.05, 3.63) is 34.4 Å². The fourth-order valence-corrected chi connectivity index (χ4v) is 2.55. The summed E-state index contributed by atoms with van der Waals surface area (Å²) in [4.78, 5) is 0. The fraction of sp³-hybridized carbons (Fsp3) is 0.625. The summed E-state index contributed by atoms with van der Waals surface area (Å²) in [5.74, 6) is 0. The zero-order chi connectivity index (χ0) is 12.8. The first-order valence-corrected chi connectivity index (χ1v) is 6.87. The van der Waals surface area contributed by atoms with E-state index in [1.807, 2.05) is 0 Å². The molecule has 0 radical (unpaired) electrons. The van der Waals surface area contributed by atoms with Crippen molar-refractivity contribution in [2.75, 3.05) is 0 Å². The number of hydrogen-bond acceptors (Lipinski definition) is 1. The smallest absolute Gasteiger partial charge is 0.00795 e. The van der Waals surface area contributed by atoms with Crippen LogP contribution in [0.5, 0.6) is 0 Å². The first-order valence-electron chi connectivity index (χ1n) is 6.87. The van der Waals surface area contributed by atoms with Crippen molar-refractivity contribution in [1.29, 1.82) is 0 Å². The topological polar surface area (TPSA) is 26.0 Å². The fourth-order valence-electron chi connectivity index (χ4n) is 2.55. The van der Waals surface area contributed by atoms with Crippen LogP contribution in [0, 0.1) is 20.8 Å². The molecule has 1 rings (SSSR count). The number of aryl methyl sites for hydroxylation is 3. The van der Waals surface area contributed by atoms with Gasteiger partial charge in [0.05, 0.1) is 0 Å². The molecule has 1 aromatic rings. The summed E-state index contributed by atoms with van der Waals surface area (Å²) < 4.78 is 0. The van der Waals surface area contributed by atoms with Gasteiger partial charge in [-0.25, -0.2) is 0 Å². The highest BCUT2D eigenvalue weighted by molar-refractivity contribution is 5.37. The monoisotopic (exact) mass is 233 g/mol. The van der Waals surface area contributed by atoms with Crippen LogP contribution in [0.25, 0.3) is 0 Å². The Bertz CT molecular complexity index is 332. The van der Waals surface area contributed by atoms with Crippen molar-refractivity contribution in [3.8, 4) is 0 Å². The molecule has 0 aliphatic carbocycles. The van der Waals surface area contributed by atoms with Gasteiger partial charge < -0.3 is 5.73 Å². The normalized spacial score (nSPS) is 12.8. The molecule has 0 heterocycles. The van der Waals surface area contributed by atoms with E-state index in [9.17, 15) is 0 Å². The molecule has 0 bridgehead atoms. The van der Waals surface area contributed by atoms with E-state index >= 15 is 0 Å². The van der Waals surface area contributed by atoms with Gasteiger partial charge >= 0.3 is 0 Å². The molecule has 0 aliphatic rings. The van der Waals surface area contributed by atoms with Gasteiger partial charge in [0.25, 0.3) is 0 Å². The lowest BCUT2D eigenvalue weighted by Crippen LogP contribution is -2.23. The molecule has 0 aromatic heterocycles. The van der Waals surface area contributed by atoms with E-state index in [4.69, 9.17) is 5.73 Å². The first kappa shape index (κ1) is 14.2. The molecular formula is C16H27N.